The molecule has 2 aromatic rings. The average Bonchev–Trinajstić information content (AvgIpc) is 2.95. The van der Waals surface area contributed by atoms with Crippen molar-refractivity contribution in [1.29, 1.82) is 0 Å². The number of anilines is 1. The monoisotopic (exact) mass is 291 g/mol. The van der Waals surface area contributed by atoms with Gasteiger partial charge in [0.15, 0.2) is 0 Å². The largest absolute Gasteiger partial charge is 0.382 e. The molecule has 0 aliphatic carbocycles. The number of hydrogen-bond donors (Lipinski definition) is 1. The van der Waals surface area contributed by atoms with Crippen molar-refractivity contribution in [3.63, 3.8) is 0 Å². The summed E-state index contributed by atoms with van der Waals surface area (Å²) in [6.07, 6.45) is 6.84. The highest BCUT2D eigenvalue weighted by Crippen LogP contribution is 2.19. The van der Waals surface area contributed by atoms with Crippen molar-refractivity contribution in [2.24, 2.45) is 0 Å². The second kappa shape index (κ2) is 7.97. The average molecular weight is 291 g/mol. The number of nitrogens with zero attached hydrogens (tertiary/aromatic N) is 2. The molecule has 2 rings (SSSR count). The van der Waals surface area contributed by atoms with E-state index in [2.05, 4.69) is 45.4 Å². The maximum absolute atomic E-state index is 5.32. The molecule has 1 aromatic carbocycles. The number of ether oxygens (including phenoxy) is 1. The number of imidazole rings is 1. The topological polar surface area (TPSA) is 39.1 Å². The fraction of sp³-hybridized carbons (Fsp3) is 0.400. The molecule has 0 spiro atoms. The fourth-order valence-electron chi connectivity index (χ4n) is 1.90. The van der Waals surface area contributed by atoms with Gasteiger partial charge in [0.1, 0.15) is 0 Å². The van der Waals surface area contributed by atoms with Crippen molar-refractivity contribution in [3.05, 3.63) is 36.7 Å². The number of nitrogens with one attached hydrogen (secondary N) is 1. The van der Waals surface area contributed by atoms with Gasteiger partial charge in [-0.3, -0.25) is 4.57 Å². The molecule has 0 radical (unpaired) electrons. The lowest BCUT2D eigenvalue weighted by Crippen LogP contribution is -2.09. The summed E-state index contributed by atoms with van der Waals surface area (Å²) in [6.45, 7) is 4.43. The Labute approximate surface area is 124 Å². The van der Waals surface area contributed by atoms with E-state index in [1.165, 1.54) is 4.90 Å². The van der Waals surface area contributed by atoms with Gasteiger partial charge in [0.25, 0.3) is 0 Å². The molecule has 0 fully saturated rings. The lowest BCUT2D eigenvalue weighted by Gasteiger charge is -2.10. The SMILES string of the molecule is CCOCCCNc1nccn1-c1ccc(SC)cc1. The Bertz CT molecular complexity index is 510. The zero-order valence-electron chi connectivity index (χ0n) is 12.0. The summed E-state index contributed by atoms with van der Waals surface area (Å²) in [5.74, 6) is 0.874. The first-order chi connectivity index (χ1) is 9.85. The van der Waals surface area contributed by atoms with Crippen LogP contribution in [0, 0.1) is 0 Å². The van der Waals surface area contributed by atoms with Gasteiger partial charge in [0, 0.05) is 42.7 Å². The normalized spacial score (nSPS) is 10.7. The van der Waals surface area contributed by atoms with E-state index < -0.39 is 0 Å². The lowest BCUT2D eigenvalue weighted by atomic mass is 10.3. The van der Waals surface area contributed by atoms with E-state index in [1.54, 1.807) is 11.8 Å². The van der Waals surface area contributed by atoms with Crippen molar-refractivity contribution in [2.45, 2.75) is 18.2 Å². The van der Waals surface area contributed by atoms with Crippen molar-refractivity contribution in [3.8, 4) is 5.69 Å². The number of rotatable bonds is 8. The van der Waals surface area contributed by atoms with Crippen LogP contribution in [0.4, 0.5) is 5.95 Å². The Morgan fingerprint density at radius 3 is 2.80 bits per heavy atom. The van der Waals surface area contributed by atoms with Crippen LogP contribution in [-0.2, 0) is 4.74 Å². The first-order valence-corrected chi connectivity index (χ1v) is 8.07. The third kappa shape index (κ3) is 4.02. The van der Waals surface area contributed by atoms with E-state index in [4.69, 9.17) is 4.74 Å². The maximum Gasteiger partial charge on any atom is 0.207 e. The smallest absolute Gasteiger partial charge is 0.207 e. The van der Waals surface area contributed by atoms with Gasteiger partial charge in [-0.05, 0) is 43.9 Å². The molecule has 1 aromatic heterocycles. The second-order valence-corrected chi connectivity index (χ2v) is 5.18. The predicted molar refractivity (Wildman–Crippen MR) is 84.9 cm³/mol. The van der Waals surface area contributed by atoms with Crippen LogP contribution in [0.3, 0.4) is 0 Å². The molecule has 108 valence electrons. The molecule has 1 heterocycles. The van der Waals surface area contributed by atoms with E-state index in [9.17, 15) is 0 Å². The van der Waals surface area contributed by atoms with Gasteiger partial charge in [0.05, 0.1) is 0 Å². The first kappa shape index (κ1) is 14.9. The highest BCUT2D eigenvalue weighted by molar-refractivity contribution is 7.98. The lowest BCUT2D eigenvalue weighted by molar-refractivity contribution is 0.147. The summed E-state index contributed by atoms with van der Waals surface area (Å²) in [5.41, 5.74) is 1.12. The van der Waals surface area contributed by atoms with Gasteiger partial charge >= 0.3 is 0 Å². The standard InChI is InChI=1S/C15H21N3OS/c1-3-19-12-4-9-16-15-17-10-11-18(15)13-5-7-14(20-2)8-6-13/h5-8,10-11H,3-4,9,12H2,1-2H3,(H,16,17). The molecule has 4 nitrogen and oxygen atoms in total. The van der Waals surface area contributed by atoms with Gasteiger partial charge < -0.3 is 10.1 Å². The van der Waals surface area contributed by atoms with E-state index in [0.29, 0.717) is 0 Å². The Kier molecular flexibility index (Phi) is 5.95. The third-order valence-corrected chi connectivity index (χ3v) is 3.69. The van der Waals surface area contributed by atoms with Crippen LogP contribution < -0.4 is 5.32 Å². The molecule has 0 saturated heterocycles. The van der Waals surface area contributed by atoms with E-state index in [0.717, 1.165) is 37.8 Å². The van der Waals surface area contributed by atoms with Crippen LogP contribution in [0.2, 0.25) is 0 Å². The minimum Gasteiger partial charge on any atom is -0.382 e. The quantitative estimate of drug-likeness (QED) is 0.597. The number of benzene rings is 1. The molecule has 20 heavy (non-hydrogen) atoms. The highest BCUT2D eigenvalue weighted by Gasteiger charge is 2.04. The Hall–Kier alpha value is -1.46. The van der Waals surface area contributed by atoms with Crippen molar-refractivity contribution in [2.75, 3.05) is 31.3 Å². The molecular weight excluding hydrogens is 270 g/mol. The van der Waals surface area contributed by atoms with Gasteiger partial charge in [-0.25, -0.2) is 4.98 Å². The Balaban J connectivity index is 1.96. The van der Waals surface area contributed by atoms with Gasteiger partial charge in [0.2, 0.25) is 5.95 Å². The van der Waals surface area contributed by atoms with E-state index in [1.807, 2.05) is 19.3 Å². The minimum absolute atomic E-state index is 0.774. The summed E-state index contributed by atoms with van der Waals surface area (Å²) < 4.78 is 7.38. The molecular formula is C15H21N3OS. The number of hydrogen-bond acceptors (Lipinski definition) is 4. The molecule has 0 unspecified atom stereocenters. The molecule has 0 atom stereocenters. The van der Waals surface area contributed by atoms with Gasteiger partial charge in [-0.2, -0.15) is 0 Å². The first-order valence-electron chi connectivity index (χ1n) is 6.84. The molecule has 5 heteroatoms. The van der Waals surface area contributed by atoms with Gasteiger partial charge in [-0.15, -0.1) is 11.8 Å². The van der Waals surface area contributed by atoms with Crippen molar-refractivity contribution >= 4 is 17.7 Å². The summed E-state index contributed by atoms with van der Waals surface area (Å²) in [4.78, 5) is 5.62. The van der Waals surface area contributed by atoms with Crippen LogP contribution >= 0.6 is 11.8 Å². The fourth-order valence-corrected chi connectivity index (χ4v) is 2.31. The number of thioether (sulfide) groups is 1. The molecule has 0 bridgehead atoms. The molecule has 0 aliphatic rings. The highest BCUT2D eigenvalue weighted by atomic mass is 32.2. The Morgan fingerprint density at radius 2 is 2.10 bits per heavy atom. The van der Waals surface area contributed by atoms with Crippen molar-refractivity contribution in [1.82, 2.24) is 9.55 Å². The zero-order valence-corrected chi connectivity index (χ0v) is 12.8. The van der Waals surface area contributed by atoms with Crippen LogP contribution in [0.5, 0.6) is 0 Å². The zero-order chi connectivity index (χ0) is 14.2. The van der Waals surface area contributed by atoms with Crippen LogP contribution in [-0.4, -0.2) is 35.6 Å². The van der Waals surface area contributed by atoms with Gasteiger partial charge in [-0.1, -0.05) is 0 Å². The minimum atomic E-state index is 0.774. The predicted octanol–water partition coefficient (Wildman–Crippen LogP) is 3.43. The molecule has 0 amide bonds. The maximum atomic E-state index is 5.32. The summed E-state index contributed by atoms with van der Waals surface area (Å²) in [7, 11) is 0. The summed E-state index contributed by atoms with van der Waals surface area (Å²) in [5, 5.41) is 3.35. The van der Waals surface area contributed by atoms with E-state index >= 15 is 0 Å². The molecule has 1 N–H and O–H groups in total. The van der Waals surface area contributed by atoms with Crippen LogP contribution in [0.15, 0.2) is 41.6 Å². The van der Waals surface area contributed by atoms with Crippen LogP contribution in [0.25, 0.3) is 5.69 Å². The Morgan fingerprint density at radius 1 is 1.30 bits per heavy atom. The summed E-state index contributed by atoms with van der Waals surface area (Å²) >= 11 is 1.75. The molecule has 0 aliphatic heterocycles. The summed E-state index contributed by atoms with van der Waals surface area (Å²) in [6, 6.07) is 8.47. The second-order valence-electron chi connectivity index (χ2n) is 4.30. The van der Waals surface area contributed by atoms with Crippen LogP contribution in [0.1, 0.15) is 13.3 Å². The van der Waals surface area contributed by atoms with Crippen molar-refractivity contribution < 1.29 is 4.74 Å². The van der Waals surface area contributed by atoms with E-state index in [-0.39, 0.29) is 0 Å². The number of aromatic nitrogens is 2. The molecule has 0 saturated carbocycles. The third-order valence-electron chi connectivity index (χ3n) is 2.94.